The molecule has 0 atom stereocenters. The van der Waals surface area contributed by atoms with Crippen molar-refractivity contribution in [2.24, 2.45) is 0 Å². The molecule has 0 radical (unpaired) electrons. The summed E-state index contributed by atoms with van der Waals surface area (Å²) in [6.07, 6.45) is 1.25. The van der Waals surface area contributed by atoms with Crippen LogP contribution in [0.4, 0.5) is 0 Å². The molecule has 0 aliphatic heterocycles. The average Bonchev–Trinajstić information content (AvgIpc) is 2.81. The van der Waals surface area contributed by atoms with E-state index in [1.165, 1.54) is 10.4 Å². The Morgan fingerprint density at radius 3 is 2.63 bits per heavy atom. The van der Waals surface area contributed by atoms with Gasteiger partial charge in [-0.25, -0.2) is 0 Å². The number of nitrogens with one attached hydrogen (secondary N) is 1. The Kier molecular flexibility index (Phi) is 5.00. The molecule has 100 valence electrons. The first-order chi connectivity index (χ1) is 9.15. The zero-order chi connectivity index (χ0) is 13.7. The van der Waals surface area contributed by atoms with Crippen LogP contribution in [0.25, 0.3) is 0 Å². The summed E-state index contributed by atoms with van der Waals surface area (Å²) in [6, 6.07) is 9.69. The van der Waals surface area contributed by atoms with E-state index in [1.54, 1.807) is 11.3 Å². The lowest BCUT2D eigenvalue weighted by Crippen LogP contribution is -2.22. The molecule has 1 N–H and O–H groups in total. The average molecular weight is 294 g/mol. The van der Waals surface area contributed by atoms with Crippen LogP contribution in [-0.4, -0.2) is 5.91 Å². The first kappa shape index (κ1) is 14.1. The summed E-state index contributed by atoms with van der Waals surface area (Å²) in [7, 11) is 0. The van der Waals surface area contributed by atoms with Crippen LogP contribution in [0.2, 0.25) is 5.02 Å². The van der Waals surface area contributed by atoms with Gasteiger partial charge in [-0.05, 0) is 48.1 Å². The Bertz CT molecular complexity index is 548. The molecule has 0 saturated carbocycles. The molecule has 19 heavy (non-hydrogen) atoms. The molecule has 0 saturated heterocycles. The van der Waals surface area contributed by atoms with E-state index in [0.717, 1.165) is 17.0 Å². The number of amides is 1. The molecule has 2 aromatic rings. The number of thiophene rings is 1. The summed E-state index contributed by atoms with van der Waals surface area (Å²) in [4.78, 5) is 13.0. The molecule has 1 heterocycles. The van der Waals surface area contributed by atoms with E-state index in [-0.39, 0.29) is 5.91 Å². The maximum atomic E-state index is 11.8. The highest BCUT2D eigenvalue weighted by molar-refractivity contribution is 7.10. The van der Waals surface area contributed by atoms with Crippen molar-refractivity contribution in [1.82, 2.24) is 5.32 Å². The predicted octanol–water partition coefficient (Wildman–Crippen LogP) is 3.96. The normalized spacial score (nSPS) is 10.4. The summed E-state index contributed by atoms with van der Waals surface area (Å²) in [6.45, 7) is 2.69. The second-order valence-corrected chi connectivity index (χ2v) is 5.87. The molecular weight excluding hydrogens is 278 g/mol. The van der Waals surface area contributed by atoms with Gasteiger partial charge in [0.25, 0.3) is 0 Å². The number of halogens is 1. The molecule has 0 unspecified atom stereocenters. The van der Waals surface area contributed by atoms with Gasteiger partial charge in [0, 0.05) is 16.3 Å². The van der Waals surface area contributed by atoms with Gasteiger partial charge in [-0.1, -0.05) is 23.7 Å². The first-order valence-electron chi connectivity index (χ1n) is 6.19. The maximum Gasteiger partial charge on any atom is 0.220 e. The van der Waals surface area contributed by atoms with Crippen LogP contribution < -0.4 is 5.32 Å². The first-order valence-corrected chi connectivity index (χ1v) is 7.45. The van der Waals surface area contributed by atoms with Crippen molar-refractivity contribution >= 4 is 28.8 Å². The van der Waals surface area contributed by atoms with Gasteiger partial charge in [0.05, 0.1) is 6.54 Å². The van der Waals surface area contributed by atoms with Crippen molar-refractivity contribution < 1.29 is 4.79 Å². The third-order valence-corrected chi connectivity index (χ3v) is 4.24. The van der Waals surface area contributed by atoms with E-state index in [0.29, 0.717) is 13.0 Å². The molecular formula is C15H16ClNOS. The highest BCUT2D eigenvalue weighted by Crippen LogP contribution is 2.15. The standard InChI is InChI=1S/C15H16ClNOS/c1-11-8-9-19-14(11)10-17-15(18)7-4-12-2-5-13(16)6-3-12/h2-3,5-6,8-9H,4,7,10H2,1H3,(H,17,18). The molecule has 0 bridgehead atoms. The smallest absolute Gasteiger partial charge is 0.220 e. The van der Waals surface area contributed by atoms with Gasteiger partial charge in [-0.3, -0.25) is 4.79 Å². The number of aryl methyl sites for hydroxylation is 2. The van der Waals surface area contributed by atoms with E-state index in [4.69, 9.17) is 11.6 Å². The van der Waals surface area contributed by atoms with Gasteiger partial charge < -0.3 is 5.32 Å². The summed E-state index contributed by atoms with van der Waals surface area (Å²) in [5.74, 6) is 0.0859. The fourth-order valence-electron chi connectivity index (χ4n) is 1.76. The predicted molar refractivity (Wildman–Crippen MR) is 80.7 cm³/mol. The van der Waals surface area contributed by atoms with Gasteiger partial charge in [-0.2, -0.15) is 0 Å². The lowest BCUT2D eigenvalue weighted by atomic mass is 10.1. The van der Waals surface area contributed by atoms with Gasteiger partial charge >= 0.3 is 0 Å². The minimum atomic E-state index is 0.0859. The highest BCUT2D eigenvalue weighted by Gasteiger charge is 2.04. The van der Waals surface area contributed by atoms with Gasteiger partial charge in [0.2, 0.25) is 5.91 Å². The third-order valence-electron chi connectivity index (χ3n) is 2.97. The van der Waals surface area contributed by atoms with E-state index < -0.39 is 0 Å². The van der Waals surface area contributed by atoms with Gasteiger partial charge in [-0.15, -0.1) is 11.3 Å². The molecule has 0 aliphatic carbocycles. The van der Waals surface area contributed by atoms with Crippen LogP contribution in [0.1, 0.15) is 22.4 Å². The Labute approximate surface area is 122 Å². The molecule has 2 nitrogen and oxygen atoms in total. The number of rotatable bonds is 5. The third kappa shape index (κ3) is 4.37. The van der Waals surface area contributed by atoms with Crippen molar-refractivity contribution in [1.29, 1.82) is 0 Å². The minimum Gasteiger partial charge on any atom is -0.351 e. The quantitative estimate of drug-likeness (QED) is 0.888. The summed E-state index contributed by atoms with van der Waals surface area (Å²) in [5, 5.41) is 5.72. The highest BCUT2D eigenvalue weighted by atomic mass is 35.5. The van der Waals surface area contributed by atoms with Crippen LogP contribution in [0.5, 0.6) is 0 Å². The van der Waals surface area contributed by atoms with E-state index >= 15 is 0 Å². The van der Waals surface area contributed by atoms with Crippen molar-refractivity contribution in [3.8, 4) is 0 Å². The zero-order valence-corrected chi connectivity index (χ0v) is 12.4. The van der Waals surface area contributed by atoms with Crippen molar-refractivity contribution in [2.75, 3.05) is 0 Å². The second kappa shape index (κ2) is 6.73. The number of hydrogen-bond donors (Lipinski definition) is 1. The molecule has 0 fully saturated rings. The van der Waals surface area contributed by atoms with Crippen LogP contribution >= 0.6 is 22.9 Å². The summed E-state index contributed by atoms with van der Waals surface area (Å²) in [5.41, 5.74) is 2.37. The van der Waals surface area contributed by atoms with Gasteiger partial charge in [0.1, 0.15) is 0 Å². The van der Waals surface area contributed by atoms with Crippen molar-refractivity contribution in [2.45, 2.75) is 26.3 Å². The van der Waals surface area contributed by atoms with E-state index in [2.05, 4.69) is 18.3 Å². The van der Waals surface area contributed by atoms with Crippen LogP contribution in [0.15, 0.2) is 35.7 Å². The van der Waals surface area contributed by atoms with Crippen molar-refractivity contribution in [3.63, 3.8) is 0 Å². The molecule has 0 aliphatic rings. The summed E-state index contributed by atoms with van der Waals surface area (Å²) < 4.78 is 0. The molecule has 0 spiro atoms. The molecule has 1 aromatic heterocycles. The number of benzene rings is 1. The SMILES string of the molecule is Cc1ccsc1CNC(=O)CCc1ccc(Cl)cc1. The summed E-state index contributed by atoms with van der Waals surface area (Å²) >= 11 is 7.50. The van der Waals surface area contributed by atoms with E-state index in [9.17, 15) is 4.79 Å². The number of hydrogen-bond acceptors (Lipinski definition) is 2. The minimum absolute atomic E-state index is 0.0859. The molecule has 4 heteroatoms. The monoisotopic (exact) mass is 293 g/mol. The zero-order valence-electron chi connectivity index (χ0n) is 10.8. The van der Waals surface area contributed by atoms with E-state index in [1.807, 2.05) is 29.6 Å². The van der Waals surface area contributed by atoms with Crippen molar-refractivity contribution in [3.05, 3.63) is 56.7 Å². The van der Waals surface area contributed by atoms with Crippen LogP contribution in [-0.2, 0) is 17.8 Å². The Morgan fingerprint density at radius 1 is 1.26 bits per heavy atom. The number of carbonyl (C=O) groups is 1. The fourth-order valence-corrected chi connectivity index (χ4v) is 2.73. The fraction of sp³-hybridized carbons (Fsp3) is 0.267. The maximum absolute atomic E-state index is 11.8. The Morgan fingerprint density at radius 2 is 2.00 bits per heavy atom. The van der Waals surface area contributed by atoms with Gasteiger partial charge in [0.15, 0.2) is 0 Å². The molecule has 2 rings (SSSR count). The molecule has 1 aromatic carbocycles. The lowest BCUT2D eigenvalue weighted by molar-refractivity contribution is -0.121. The molecule has 1 amide bonds. The van der Waals surface area contributed by atoms with Crippen LogP contribution in [0.3, 0.4) is 0 Å². The number of carbonyl (C=O) groups excluding carboxylic acids is 1. The Balaban J connectivity index is 1.76. The second-order valence-electron chi connectivity index (χ2n) is 4.43. The van der Waals surface area contributed by atoms with Crippen LogP contribution in [0, 0.1) is 6.92 Å². The lowest BCUT2D eigenvalue weighted by Gasteiger charge is -2.05. The topological polar surface area (TPSA) is 29.1 Å². The largest absolute Gasteiger partial charge is 0.351 e. The Hall–Kier alpha value is -1.32.